The Bertz CT molecular complexity index is 535. The fourth-order valence-corrected chi connectivity index (χ4v) is 2.48. The van der Waals surface area contributed by atoms with Crippen molar-refractivity contribution in [2.24, 2.45) is 0 Å². The third-order valence-electron chi connectivity index (χ3n) is 3.49. The standard InChI is InChI=1S/C13H16N4O2/c18-11-8-10(13(11)17-6-2-5-15-17)16-12(19)7-9-3-1-4-14-9/h1-6,10-11,13-14,18H,7-8H2,(H,16,19)/t10-,11+,13+/m0/s1. The number of aliphatic hydroxyl groups is 1. The van der Waals surface area contributed by atoms with Crippen molar-refractivity contribution in [2.45, 2.75) is 31.0 Å². The van der Waals surface area contributed by atoms with Crippen molar-refractivity contribution < 1.29 is 9.90 Å². The Hall–Kier alpha value is -2.08. The molecule has 1 aliphatic rings. The third kappa shape index (κ3) is 2.39. The van der Waals surface area contributed by atoms with Crippen molar-refractivity contribution in [1.82, 2.24) is 20.1 Å². The van der Waals surface area contributed by atoms with E-state index in [2.05, 4.69) is 15.4 Å². The molecule has 2 aromatic heterocycles. The normalized spacial score (nSPS) is 25.8. The molecule has 2 heterocycles. The number of nitrogens with one attached hydrogen (secondary N) is 2. The first-order valence-electron chi connectivity index (χ1n) is 6.33. The molecule has 19 heavy (non-hydrogen) atoms. The fourth-order valence-electron chi connectivity index (χ4n) is 2.48. The Balaban J connectivity index is 1.59. The van der Waals surface area contributed by atoms with Crippen molar-refractivity contribution in [3.63, 3.8) is 0 Å². The highest BCUT2D eigenvalue weighted by Gasteiger charge is 2.42. The summed E-state index contributed by atoms with van der Waals surface area (Å²) in [4.78, 5) is 14.9. The first-order chi connectivity index (χ1) is 9.24. The number of hydrogen-bond acceptors (Lipinski definition) is 3. The number of aromatic nitrogens is 3. The molecule has 3 N–H and O–H groups in total. The molecular weight excluding hydrogens is 244 g/mol. The Labute approximate surface area is 110 Å². The van der Waals surface area contributed by atoms with Gasteiger partial charge in [-0.3, -0.25) is 9.48 Å². The van der Waals surface area contributed by atoms with Crippen molar-refractivity contribution >= 4 is 5.91 Å². The average Bonchev–Trinajstić information content (AvgIpc) is 3.01. The van der Waals surface area contributed by atoms with Crippen LogP contribution in [0, 0.1) is 0 Å². The van der Waals surface area contributed by atoms with Crippen LogP contribution in [0.3, 0.4) is 0 Å². The highest BCUT2D eigenvalue weighted by atomic mass is 16.3. The molecule has 100 valence electrons. The second-order valence-corrected chi connectivity index (χ2v) is 4.83. The predicted octanol–water partition coefficient (Wildman–Crippen LogP) is 0.244. The smallest absolute Gasteiger partial charge is 0.226 e. The summed E-state index contributed by atoms with van der Waals surface area (Å²) in [6.45, 7) is 0. The van der Waals surface area contributed by atoms with Crippen LogP contribution in [-0.4, -0.2) is 37.9 Å². The molecule has 0 aliphatic heterocycles. The zero-order valence-corrected chi connectivity index (χ0v) is 10.4. The molecule has 6 nitrogen and oxygen atoms in total. The summed E-state index contributed by atoms with van der Waals surface area (Å²) in [5.74, 6) is -0.0449. The van der Waals surface area contributed by atoms with Crippen LogP contribution in [0.25, 0.3) is 0 Å². The molecule has 0 spiro atoms. The Kier molecular flexibility index (Phi) is 3.08. The SMILES string of the molecule is O=C(Cc1ccc[nH]1)N[C@H]1C[C@@H](O)[C@@H]1n1cccn1. The topological polar surface area (TPSA) is 82.9 Å². The van der Waals surface area contributed by atoms with Gasteiger partial charge in [0, 0.05) is 24.3 Å². The number of aromatic amines is 1. The van der Waals surface area contributed by atoms with Crippen LogP contribution in [-0.2, 0) is 11.2 Å². The van der Waals surface area contributed by atoms with E-state index in [1.807, 2.05) is 18.2 Å². The summed E-state index contributed by atoms with van der Waals surface area (Å²) >= 11 is 0. The molecular formula is C13H16N4O2. The minimum atomic E-state index is -0.448. The number of nitrogens with zero attached hydrogens (tertiary/aromatic N) is 2. The molecule has 2 aromatic rings. The molecule has 0 saturated heterocycles. The molecule has 1 amide bonds. The second kappa shape index (κ2) is 4.89. The number of carbonyl (C=O) groups excluding carboxylic acids is 1. The Morgan fingerprint density at radius 3 is 3.11 bits per heavy atom. The summed E-state index contributed by atoms with van der Waals surface area (Å²) in [6, 6.07) is 5.32. The zero-order valence-electron chi connectivity index (χ0n) is 10.4. The quantitative estimate of drug-likeness (QED) is 0.736. The van der Waals surface area contributed by atoms with Crippen LogP contribution < -0.4 is 5.32 Å². The van der Waals surface area contributed by atoms with Gasteiger partial charge in [-0.1, -0.05) is 0 Å². The van der Waals surface area contributed by atoms with Crippen LogP contribution >= 0.6 is 0 Å². The maximum Gasteiger partial charge on any atom is 0.226 e. The maximum atomic E-state index is 11.9. The van der Waals surface area contributed by atoms with E-state index in [0.29, 0.717) is 12.8 Å². The summed E-state index contributed by atoms with van der Waals surface area (Å²) in [7, 11) is 0. The van der Waals surface area contributed by atoms with Gasteiger partial charge in [-0.2, -0.15) is 5.10 Å². The first kappa shape index (κ1) is 12.0. The van der Waals surface area contributed by atoms with Gasteiger partial charge >= 0.3 is 0 Å². The number of amides is 1. The molecule has 0 aromatic carbocycles. The van der Waals surface area contributed by atoms with E-state index in [1.165, 1.54) is 0 Å². The molecule has 3 atom stereocenters. The Morgan fingerprint density at radius 2 is 2.47 bits per heavy atom. The second-order valence-electron chi connectivity index (χ2n) is 4.83. The van der Waals surface area contributed by atoms with Gasteiger partial charge in [0.2, 0.25) is 5.91 Å². The number of aliphatic hydroxyl groups excluding tert-OH is 1. The number of rotatable bonds is 4. The van der Waals surface area contributed by atoms with Crippen LogP contribution in [0.1, 0.15) is 18.2 Å². The zero-order chi connectivity index (χ0) is 13.2. The van der Waals surface area contributed by atoms with Gasteiger partial charge in [-0.05, 0) is 24.6 Å². The molecule has 0 unspecified atom stereocenters. The van der Waals surface area contributed by atoms with Crippen molar-refractivity contribution in [1.29, 1.82) is 0 Å². The van der Waals surface area contributed by atoms with Crippen LogP contribution in [0.2, 0.25) is 0 Å². The van der Waals surface area contributed by atoms with Gasteiger partial charge in [0.25, 0.3) is 0 Å². The van der Waals surface area contributed by atoms with E-state index < -0.39 is 6.10 Å². The minimum Gasteiger partial charge on any atom is -0.391 e. The molecule has 1 saturated carbocycles. The lowest BCUT2D eigenvalue weighted by molar-refractivity contribution is -0.124. The van der Waals surface area contributed by atoms with E-state index in [-0.39, 0.29) is 18.0 Å². The van der Waals surface area contributed by atoms with E-state index in [9.17, 15) is 9.90 Å². The highest BCUT2D eigenvalue weighted by Crippen LogP contribution is 2.32. The van der Waals surface area contributed by atoms with E-state index in [1.54, 1.807) is 23.3 Å². The summed E-state index contributed by atoms with van der Waals surface area (Å²) in [5, 5.41) is 16.9. The fraction of sp³-hybridized carbons (Fsp3) is 0.385. The lowest BCUT2D eigenvalue weighted by Crippen LogP contribution is -2.56. The molecule has 0 bridgehead atoms. The van der Waals surface area contributed by atoms with Crippen LogP contribution in [0.15, 0.2) is 36.8 Å². The lowest BCUT2D eigenvalue weighted by atomic mass is 9.83. The van der Waals surface area contributed by atoms with E-state index >= 15 is 0 Å². The first-order valence-corrected chi connectivity index (χ1v) is 6.33. The van der Waals surface area contributed by atoms with Gasteiger partial charge in [0.15, 0.2) is 0 Å². The molecule has 1 aliphatic carbocycles. The third-order valence-corrected chi connectivity index (χ3v) is 3.49. The molecule has 6 heteroatoms. The largest absolute Gasteiger partial charge is 0.391 e. The van der Waals surface area contributed by atoms with Gasteiger partial charge in [0.05, 0.1) is 24.6 Å². The van der Waals surface area contributed by atoms with Gasteiger partial charge in [-0.15, -0.1) is 0 Å². The number of carbonyl (C=O) groups is 1. The van der Waals surface area contributed by atoms with Crippen LogP contribution in [0.5, 0.6) is 0 Å². The minimum absolute atomic E-state index is 0.0449. The van der Waals surface area contributed by atoms with Crippen LogP contribution in [0.4, 0.5) is 0 Å². The highest BCUT2D eigenvalue weighted by molar-refractivity contribution is 5.78. The predicted molar refractivity (Wildman–Crippen MR) is 68.3 cm³/mol. The summed E-state index contributed by atoms with van der Waals surface area (Å²) in [5.41, 5.74) is 0.882. The van der Waals surface area contributed by atoms with E-state index in [0.717, 1.165) is 5.69 Å². The lowest BCUT2D eigenvalue weighted by Gasteiger charge is -2.41. The molecule has 0 radical (unpaired) electrons. The molecule has 3 rings (SSSR count). The van der Waals surface area contributed by atoms with Gasteiger partial charge in [0.1, 0.15) is 0 Å². The monoisotopic (exact) mass is 260 g/mol. The number of H-pyrrole nitrogens is 1. The van der Waals surface area contributed by atoms with E-state index in [4.69, 9.17) is 0 Å². The Morgan fingerprint density at radius 1 is 1.58 bits per heavy atom. The summed E-state index contributed by atoms with van der Waals surface area (Å²) in [6.07, 6.45) is 5.71. The summed E-state index contributed by atoms with van der Waals surface area (Å²) < 4.78 is 1.70. The average molecular weight is 260 g/mol. The number of hydrogen-bond donors (Lipinski definition) is 3. The van der Waals surface area contributed by atoms with Crippen molar-refractivity contribution in [3.05, 3.63) is 42.5 Å². The van der Waals surface area contributed by atoms with Gasteiger partial charge in [-0.25, -0.2) is 0 Å². The van der Waals surface area contributed by atoms with Crippen molar-refractivity contribution in [3.8, 4) is 0 Å². The molecule has 1 fully saturated rings. The van der Waals surface area contributed by atoms with Gasteiger partial charge < -0.3 is 15.4 Å². The van der Waals surface area contributed by atoms with Crippen molar-refractivity contribution in [2.75, 3.05) is 0 Å². The maximum absolute atomic E-state index is 11.9.